The van der Waals surface area contributed by atoms with Gasteiger partial charge in [0.2, 0.25) is 5.88 Å². The van der Waals surface area contributed by atoms with Gasteiger partial charge in [-0.05, 0) is 34.8 Å². The number of carbonyl (C=O) groups excluding carboxylic acids is 1. The standard InChI is InChI=1S/C13H16BrN3O2/c14-10-1-2-12(15-9-10)19-13(18)17-8-7-16-5-3-11(17)4-6-16/h1-2,9,11H,3-8H2. The van der Waals surface area contributed by atoms with E-state index in [1.54, 1.807) is 12.3 Å². The first-order chi connectivity index (χ1) is 9.22. The smallest absolute Gasteiger partial charge is 0.391 e. The van der Waals surface area contributed by atoms with Crippen molar-refractivity contribution in [3.05, 3.63) is 22.8 Å². The van der Waals surface area contributed by atoms with Crippen LogP contribution in [0.2, 0.25) is 0 Å². The Morgan fingerprint density at radius 1 is 1.26 bits per heavy atom. The molecule has 1 aromatic heterocycles. The van der Waals surface area contributed by atoms with Gasteiger partial charge in [0.1, 0.15) is 0 Å². The molecule has 1 amide bonds. The highest BCUT2D eigenvalue weighted by molar-refractivity contribution is 9.10. The molecule has 3 fully saturated rings. The van der Waals surface area contributed by atoms with Crippen molar-refractivity contribution in [2.24, 2.45) is 0 Å². The van der Waals surface area contributed by atoms with Crippen molar-refractivity contribution >= 4 is 22.0 Å². The van der Waals surface area contributed by atoms with E-state index < -0.39 is 0 Å². The Bertz CT molecular complexity index is 457. The van der Waals surface area contributed by atoms with E-state index >= 15 is 0 Å². The molecule has 3 saturated heterocycles. The topological polar surface area (TPSA) is 45.7 Å². The Balaban J connectivity index is 1.68. The zero-order valence-corrected chi connectivity index (χ0v) is 12.2. The molecule has 4 rings (SSSR count). The van der Waals surface area contributed by atoms with Crippen molar-refractivity contribution in [3.8, 4) is 5.88 Å². The normalized spacial score (nSPS) is 26.1. The van der Waals surface area contributed by atoms with E-state index in [-0.39, 0.29) is 6.09 Å². The Morgan fingerprint density at radius 2 is 2.05 bits per heavy atom. The summed E-state index contributed by atoms with van der Waals surface area (Å²) in [6, 6.07) is 3.83. The molecule has 0 aromatic carbocycles. The van der Waals surface area contributed by atoms with Gasteiger partial charge in [-0.3, -0.25) is 0 Å². The second kappa shape index (κ2) is 5.46. The summed E-state index contributed by atoms with van der Waals surface area (Å²) in [6.07, 6.45) is 3.44. The third-order valence-electron chi connectivity index (χ3n) is 3.78. The van der Waals surface area contributed by atoms with Gasteiger partial charge in [0.15, 0.2) is 0 Å². The van der Waals surface area contributed by atoms with Crippen LogP contribution in [0.15, 0.2) is 22.8 Å². The molecule has 0 saturated carbocycles. The molecular weight excluding hydrogens is 310 g/mol. The van der Waals surface area contributed by atoms with Crippen LogP contribution in [0.5, 0.6) is 5.88 Å². The molecule has 0 spiro atoms. The van der Waals surface area contributed by atoms with Crippen molar-refractivity contribution in [3.63, 3.8) is 0 Å². The van der Waals surface area contributed by atoms with E-state index in [0.717, 1.165) is 43.5 Å². The predicted octanol–water partition coefficient (Wildman–Crippen LogP) is 2.12. The Hall–Kier alpha value is -1.14. The Morgan fingerprint density at radius 3 is 2.74 bits per heavy atom. The highest BCUT2D eigenvalue weighted by Gasteiger charge is 2.32. The molecule has 6 heteroatoms. The summed E-state index contributed by atoms with van der Waals surface area (Å²) in [5.74, 6) is 0.354. The number of amides is 1. The highest BCUT2D eigenvalue weighted by atomic mass is 79.9. The number of fused-ring (bicyclic) bond motifs is 4. The number of aromatic nitrogens is 1. The summed E-state index contributed by atoms with van der Waals surface area (Å²) in [5.41, 5.74) is 0. The number of rotatable bonds is 1. The monoisotopic (exact) mass is 325 g/mol. The second-order valence-electron chi connectivity index (χ2n) is 4.95. The van der Waals surface area contributed by atoms with Gasteiger partial charge in [0.05, 0.1) is 0 Å². The number of piperidine rings is 1. The molecule has 4 heterocycles. The minimum atomic E-state index is -0.274. The lowest BCUT2D eigenvalue weighted by atomic mass is 10.1. The first-order valence-corrected chi connectivity index (χ1v) is 7.34. The van der Waals surface area contributed by atoms with E-state index in [2.05, 4.69) is 25.8 Å². The quantitative estimate of drug-likeness (QED) is 0.793. The SMILES string of the molecule is O=C(Oc1ccc(Br)cn1)N1CCN2CCC1CC2. The fourth-order valence-electron chi connectivity index (χ4n) is 2.70. The van der Waals surface area contributed by atoms with Gasteiger partial charge in [-0.15, -0.1) is 0 Å². The average molecular weight is 326 g/mol. The van der Waals surface area contributed by atoms with Crippen LogP contribution < -0.4 is 4.74 Å². The molecule has 0 unspecified atom stereocenters. The van der Waals surface area contributed by atoms with E-state index in [1.807, 2.05) is 11.0 Å². The number of hydrogen-bond acceptors (Lipinski definition) is 4. The molecule has 3 aliphatic heterocycles. The molecule has 19 heavy (non-hydrogen) atoms. The number of hydrogen-bond donors (Lipinski definition) is 0. The maximum atomic E-state index is 12.2. The number of carbonyl (C=O) groups is 1. The predicted molar refractivity (Wildman–Crippen MR) is 74.1 cm³/mol. The molecule has 0 aliphatic carbocycles. The number of pyridine rings is 1. The van der Waals surface area contributed by atoms with E-state index in [4.69, 9.17) is 4.74 Å². The second-order valence-corrected chi connectivity index (χ2v) is 5.86. The van der Waals surface area contributed by atoms with E-state index in [0.29, 0.717) is 11.9 Å². The zero-order valence-electron chi connectivity index (χ0n) is 10.6. The largest absolute Gasteiger partial charge is 0.416 e. The number of nitrogens with zero attached hydrogens (tertiary/aromatic N) is 3. The van der Waals surface area contributed by atoms with Crippen molar-refractivity contribution in [2.45, 2.75) is 18.9 Å². The summed E-state index contributed by atoms with van der Waals surface area (Å²) in [7, 11) is 0. The molecule has 0 N–H and O–H groups in total. The minimum Gasteiger partial charge on any atom is -0.391 e. The van der Waals surface area contributed by atoms with Crippen LogP contribution in [0, 0.1) is 0 Å². The first kappa shape index (κ1) is 12.9. The van der Waals surface area contributed by atoms with Crippen LogP contribution in [0.1, 0.15) is 12.8 Å². The van der Waals surface area contributed by atoms with Crippen LogP contribution in [-0.2, 0) is 0 Å². The minimum absolute atomic E-state index is 0.274. The van der Waals surface area contributed by atoms with Gasteiger partial charge in [-0.1, -0.05) is 0 Å². The van der Waals surface area contributed by atoms with Crippen LogP contribution >= 0.6 is 15.9 Å². The number of halogens is 1. The lowest BCUT2D eigenvalue weighted by Gasteiger charge is -2.30. The summed E-state index contributed by atoms with van der Waals surface area (Å²) in [6.45, 7) is 3.87. The lowest BCUT2D eigenvalue weighted by Crippen LogP contribution is -2.43. The molecule has 0 radical (unpaired) electrons. The summed E-state index contributed by atoms with van der Waals surface area (Å²) in [5, 5.41) is 0. The van der Waals surface area contributed by atoms with Crippen molar-refractivity contribution in [1.82, 2.24) is 14.8 Å². The lowest BCUT2D eigenvalue weighted by molar-refractivity contribution is 0.129. The Labute approximate surface area is 120 Å². The van der Waals surface area contributed by atoms with E-state index in [9.17, 15) is 4.79 Å². The fraction of sp³-hybridized carbons (Fsp3) is 0.538. The molecule has 0 atom stereocenters. The molecule has 5 nitrogen and oxygen atoms in total. The molecule has 102 valence electrons. The number of ether oxygens (including phenoxy) is 1. The first-order valence-electron chi connectivity index (χ1n) is 6.55. The van der Waals surface area contributed by atoms with Gasteiger partial charge in [-0.25, -0.2) is 9.78 Å². The molecular formula is C13H16BrN3O2. The van der Waals surface area contributed by atoms with Crippen LogP contribution in [0.4, 0.5) is 4.79 Å². The highest BCUT2D eigenvalue weighted by Crippen LogP contribution is 2.22. The van der Waals surface area contributed by atoms with Crippen molar-refractivity contribution in [1.29, 1.82) is 0 Å². The van der Waals surface area contributed by atoms with Crippen molar-refractivity contribution in [2.75, 3.05) is 26.2 Å². The summed E-state index contributed by atoms with van der Waals surface area (Å²) < 4.78 is 6.22. The summed E-state index contributed by atoms with van der Waals surface area (Å²) >= 11 is 3.31. The Kier molecular flexibility index (Phi) is 3.70. The van der Waals surface area contributed by atoms with Crippen LogP contribution in [0.25, 0.3) is 0 Å². The van der Waals surface area contributed by atoms with Crippen LogP contribution in [-0.4, -0.2) is 53.1 Å². The maximum absolute atomic E-state index is 12.2. The molecule has 3 aliphatic rings. The van der Waals surface area contributed by atoms with E-state index in [1.165, 1.54) is 0 Å². The van der Waals surface area contributed by atoms with Crippen molar-refractivity contribution < 1.29 is 9.53 Å². The van der Waals surface area contributed by atoms with Gasteiger partial charge >= 0.3 is 6.09 Å². The molecule has 1 aromatic rings. The third kappa shape index (κ3) is 2.90. The van der Waals surface area contributed by atoms with Crippen LogP contribution in [0.3, 0.4) is 0 Å². The zero-order chi connectivity index (χ0) is 13.2. The summed E-state index contributed by atoms with van der Waals surface area (Å²) in [4.78, 5) is 20.6. The third-order valence-corrected chi connectivity index (χ3v) is 4.25. The fourth-order valence-corrected chi connectivity index (χ4v) is 2.93. The van der Waals surface area contributed by atoms with Gasteiger partial charge in [0.25, 0.3) is 0 Å². The van der Waals surface area contributed by atoms with Gasteiger partial charge in [-0.2, -0.15) is 0 Å². The van der Waals surface area contributed by atoms with Gasteiger partial charge < -0.3 is 14.5 Å². The van der Waals surface area contributed by atoms with Gasteiger partial charge in [0, 0.05) is 49.0 Å². The molecule has 2 bridgehead atoms. The maximum Gasteiger partial charge on any atom is 0.416 e. The average Bonchev–Trinajstić information content (AvgIpc) is 2.75.